The van der Waals surface area contributed by atoms with E-state index in [-0.39, 0.29) is 11.6 Å². The normalized spacial score (nSPS) is 14.7. The lowest BCUT2D eigenvalue weighted by Gasteiger charge is -2.48. The smallest absolute Gasteiger partial charge is 0.123 e. The minimum atomic E-state index is -0.187. The third-order valence-electron chi connectivity index (χ3n) is 6.30. The Balaban J connectivity index is 0.000000376. The van der Waals surface area contributed by atoms with Crippen molar-refractivity contribution in [1.82, 2.24) is 0 Å². The molecule has 1 heterocycles. The van der Waals surface area contributed by atoms with E-state index in [1.165, 1.54) is 41.8 Å². The average Bonchev–Trinajstić information content (AvgIpc) is 2.97. The molecular weight excluding hydrogens is 512 g/mol. The SMILES string of the molecule is C#CCC(=C)OCc1ccccc1.C=C(C)C.CC.CC1[C@@H](CCCc2ccc(F)cc2)CN1c1ccc(F)cc1. The van der Waals surface area contributed by atoms with Crippen molar-refractivity contribution in [2.24, 2.45) is 5.92 Å². The maximum Gasteiger partial charge on any atom is 0.123 e. The van der Waals surface area contributed by atoms with Crippen LogP contribution in [-0.2, 0) is 17.8 Å². The van der Waals surface area contributed by atoms with Crippen LogP contribution >= 0.6 is 0 Å². The van der Waals surface area contributed by atoms with Gasteiger partial charge >= 0.3 is 0 Å². The molecule has 0 bridgehead atoms. The van der Waals surface area contributed by atoms with Crippen molar-refractivity contribution >= 4 is 5.69 Å². The zero-order valence-corrected chi connectivity index (χ0v) is 25.5. The molecule has 3 aromatic carbocycles. The first kappa shape index (κ1) is 35.2. The summed E-state index contributed by atoms with van der Waals surface area (Å²) in [7, 11) is 0. The monoisotopic (exact) mass is 559 g/mol. The molecule has 0 saturated carbocycles. The van der Waals surface area contributed by atoms with Crippen LogP contribution in [0.25, 0.3) is 0 Å². The second kappa shape index (κ2) is 20.1. The number of rotatable bonds is 9. The van der Waals surface area contributed by atoms with E-state index in [0.717, 1.165) is 30.6 Å². The highest BCUT2D eigenvalue weighted by Gasteiger charge is 2.34. The molecule has 2 atom stereocenters. The summed E-state index contributed by atoms with van der Waals surface area (Å²) in [5.41, 5.74) is 4.59. The molecular formula is C37H47F2NO. The summed E-state index contributed by atoms with van der Waals surface area (Å²) in [4.78, 5) is 2.32. The van der Waals surface area contributed by atoms with Crippen molar-refractivity contribution in [3.63, 3.8) is 0 Å². The lowest BCUT2D eigenvalue weighted by atomic mass is 9.84. The lowest BCUT2D eigenvalue weighted by molar-refractivity contribution is 0.197. The number of terminal acetylenes is 1. The quantitative estimate of drug-likeness (QED) is 0.147. The van der Waals surface area contributed by atoms with Crippen LogP contribution in [0.4, 0.5) is 14.5 Å². The molecule has 1 saturated heterocycles. The molecule has 0 amide bonds. The Morgan fingerprint density at radius 3 is 1.95 bits per heavy atom. The van der Waals surface area contributed by atoms with Gasteiger partial charge in [0.2, 0.25) is 0 Å². The van der Waals surface area contributed by atoms with Crippen molar-refractivity contribution in [3.8, 4) is 12.3 Å². The van der Waals surface area contributed by atoms with Crippen molar-refractivity contribution in [2.75, 3.05) is 11.4 Å². The van der Waals surface area contributed by atoms with Gasteiger partial charge in [0.1, 0.15) is 24.0 Å². The third-order valence-corrected chi connectivity index (χ3v) is 6.30. The fourth-order valence-electron chi connectivity index (χ4n) is 4.14. The molecule has 220 valence electrons. The van der Waals surface area contributed by atoms with E-state index in [1.807, 2.05) is 82.3 Å². The minimum Gasteiger partial charge on any atom is -0.493 e. The summed E-state index contributed by atoms with van der Waals surface area (Å²) in [5, 5.41) is 0. The predicted octanol–water partition coefficient (Wildman–Crippen LogP) is 10.2. The van der Waals surface area contributed by atoms with Crippen LogP contribution in [0.1, 0.15) is 65.0 Å². The summed E-state index contributed by atoms with van der Waals surface area (Å²) in [6, 6.07) is 23.9. The van der Waals surface area contributed by atoms with E-state index >= 15 is 0 Å². The van der Waals surface area contributed by atoms with E-state index in [4.69, 9.17) is 11.2 Å². The van der Waals surface area contributed by atoms with Crippen LogP contribution in [0.3, 0.4) is 0 Å². The number of ether oxygens (including phenoxy) is 1. The predicted molar refractivity (Wildman–Crippen MR) is 172 cm³/mol. The standard InChI is InChI=1S/C19H21F2N.C12H12O.C4H8.C2H6/c1-14-16(4-2-3-15-5-7-17(20)8-6-15)13-22(14)19-11-9-18(21)10-12-19;1-3-7-11(2)13-10-12-8-5-4-6-9-12;1-4(2)3;1-2/h5-12,14,16H,2-4,13H2,1H3;1,4-6,8-9H,2,7,10H2;1H2,2-3H3;1-2H3/t14?,16-;;;/m0.../s1. The molecule has 1 aliphatic heterocycles. The Morgan fingerprint density at radius 2 is 1.44 bits per heavy atom. The Hall–Kier alpha value is -3.84. The van der Waals surface area contributed by atoms with Crippen molar-refractivity contribution < 1.29 is 13.5 Å². The minimum absolute atomic E-state index is 0.175. The first-order valence-corrected chi connectivity index (χ1v) is 14.4. The van der Waals surface area contributed by atoms with Crippen LogP contribution in [0.5, 0.6) is 0 Å². The third kappa shape index (κ3) is 14.4. The van der Waals surface area contributed by atoms with Gasteiger partial charge in [0.05, 0.1) is 6.42 Å². The number of allylic oxidation sites excluding steroid dienone is 2. The van der Waals surface area contributed by atoms with E-state index in [1.54, 1.807) is 0 Å². The molecule has 3 aromatic rings. The highest BCUT2D eigenvalue weighted by molar-refractivity contribution is 5.50. The van der Waals surface area contributed by atoms with Crippen molar-refractivity contribution in [3.05, 3.63) is 126 Å². The van der Waals surface area contributed by atoms with Crippen LogP contribution in [-0.4, -0.2) is 12.6 Å². The van der Waals surface area contributed by atoms with Crippen molar-refractivity contribution in [2.45, 2.75) is 73.0 Å². The number of halogens is 2. The number of benzene rings is 3. The van der Waals surface area contributed by atoms with Gasteiger partial charge in [0, 0.05) is 18.3 Å². The highest BCUT2D eigenvalue weighted by atomic mass is 19.1. The molecule has 0 aromatic heterocycles. The molecule has 4 heteroatoms. The molecule has 0 spiro atoms. The van der Waals surface area contributed by atoms with Crippen LogP contribution in [0.15, 0.2) is 103 Å². The average molecular weight is 560 g/mol. The van der Waals surface area contributed by atoms with E-state index < -0.39 is 0 Å². The maximum atomic E-state index is 13.0. The molecule has 41 heavy (non-hydrogen) atoms. The molecule has 1 unspecified atom stereocenters. The summed E-state index contributed by atoms with van der Waals surface area (Å²) in [6.07, 6.45) is 8.89. The Labute approximate surface area is 247 Å². The second-order valence-electron chi connectivity index (χ2n) is 10.0. The molecule has 1 aliphatic rings. The molecule has 0 aliphatic carbocycles. The molecule has 2 nitrogen and oxygen atoms in total. The lowest BCUT2D eigenvalue weighted by Crippen LogP contribution is -2.54. The number of hydrogen-bond donors (Lipinski definition) is 0. The van der Waals surface area contributed by atoms with Crippen LogP contribution in [0, 0.1) is 29.9 Å². The van der Waals surface area contributed by atoms with Gasteiger partial charge < -0.3 is 9.64 Å². The Bertz CT molecular complexity index is 1180. The summed E-state index contributed by atoms with van der Waals surface area (Å²) in [6.45, 7) is 19.0. The summed E-state index contributed by atoms with van der Waals surface area (Å²) in [5.74, 6) is 3.45. The first-order valence-electron chi connectivity index (χ1n) is 14.4. The molecule has 0 N–H and O–H groups in total. The summed E-state index contributed by atoms with van der Waals surface area (Å²) >= 11 is 0. The topological polar surface area (TPSA) is 12.5 Å². The first-order chi connectivity index (χ1) is 19.7. The zero-order chi connectivity index (χ0) is 30.6. The fraction of sp³-hybridized carbons (Fsp3) is 0.351. The molecule has 1 fully saturated rings. The van der Waals surface area contributed by atoms with Gasteiger partial charge in [-0.15, -0.1) is 13.0 Å². The van der Waals surface area contributed by atoms with Gasteiger partial charge in [-0.05, 0) is 93.5 Å². The van der Waals surface area contributed by atoms with E-state index in [9.17, 15) is 8.78 Å². The van der Waals surface area contributed by atoms with Crippen LogP contribution < -0.4 is 4.90 Å². The van der Waals surface area contributed by atoms with Gasteiger partial charge in [-0.2, -0.15) is 0 Å². The second-order valence-corrected chi connectivity index (χ2v) is 10.0. The van der Waals surface area contributed by atoms with Gasteiger partial charge in [0.15, 0.2) is 0 Å². The maximum absolute atomic E-state index is 13.0. The summed E-state index contributed by atoms with van der Waals surface area (Å²) < 4.78 is 31.1. The zero-order valence-electron chi connectivity index (χ0n) is 25.5. The van der Waals surface area contributed by atoms with Crippen LogP contribution in [0.2, 0.25) is 0 Å². The van der Waals surface area contributed by atoms with E-state index in [2.05, 4.69) is 30.9 Å². The number of aryl methyl sites for hydroxylation is 1. The number of nitrogens with zero attached hydrogens (tertiary/aromatic N) is 1. The molecule has 4 rings (SSSR count). The largest absolute Gasteiger partial charge is 0.493 e. The van der Waals surface area contributed by atoms with E-state index in [0.29, 0.717) is 30.7 Å². The highest BCUT2D eigenvalue weighted by Crippen LogP contribution is 2.33. The van der Waals surface area contributed by atoms with Gasteiger partial charge in [-0.25, -0.2) is 8.78 Å². The number of anilines is 1. The Morgan fingerprint density at radius 1 is 0.902 bits per heavy atom. The Kier molecular flexibility index (Phi) is 17.2. The molecule has 0 radical (unpaired) electrons. The number of hydrogen-bond acceptors (Lipinski definition) is 2. The van der Waals surface area contributed by atoms with Gasteiger partial charge in [-0.3, -0.25) is 0 Å². The fourth-order valence-corrected chi connectivity index (χ4v) is 4.14. The van der Waals surface area contributed by atoms with Gasteiger partial charge in [0.25, 0.3) is 0 Å². The van der Waals surface area contributed by atoms with Crippen molar-refractivity contribution in [1.29, 1.82) is 0 Å². The van der Waals surface area contributed by atoms with Gasteiger partial charge in [-0.1, -0.05) is 74.4 Å².